The number of carbonyl (C=O) groups is 2. The Morgan fingerprint density at radius 3 is 1.42 bits per heavy atom. The summed E-state index contributed by atoms with van der Waals surface area (Å²) in [5.41, 5.74) is 5.35. The molecule has 9 nitrogen and oxygen atoms in total. The first kappa shape index (κ1) is 56.5. The molecule has 0 amide bonds. The van der Waals surface area contributed by atoms with Gasteiger partial charge in [-0.05, 0) is 83.5 Å². The number of unbranched alkanes of at least 4 members (excludes halogenated alkanes) is 18. The van der Waals surface area contributed by atoms with Gasteiger partial charge >= 0.3 is 19.8 Å². The molecule has 0 aliphatic rings. The lowest BCUT2D eigenvalue weighted by Crippen LogP contribution is -2.29. The molecule has 0 bridgehead atoms. The molecule has 340 valence electrons. The van der Waals surface area contributed by atoms with Crippen LogP contribution in [0.15, 0.2) is 72.9 Å². The maximum atomic E-state index is 12.6. The van der Waals surface area contributed by atoms with E-state index in [4.69, 9.17) is 24.3 Å². The second-order valence-corrected chi connectivity index (χ2v) is 16.7. The molecule has 0 saturated carbocycles. The van der Waals surface area contributed by atoms with Gasteiger partial charge in [-0.1, -0.05) is 170 Å². The third kappa shape index (κ3) is 44.8. The minimum Gasteiger partial charge on any atom is -0.462 e. The van der Waals surface area contributed by atoms with Crippen molar-refractivity contribution in [2.75, 3.05) is 26.4 Å². The topological polar surface area (TPSA) is 134 Å². The normalized spacial score (nSPS) is 13.9. The summed E-state index contributed by atoms with van der Waals surface area (Å²) in [7, 11) is -4.39. The zero-order valence-electron chi connectivity index (χ0n) is 37.5. The van der Waals surface area contributed by atoms with Crippen LogP contribution in [0, 0.1) is 0 Å². The summed E-state index contributed by atoms with van der Waals surface area (Å²) in [6, 6.07) is 0. The van der Waals surface area contributed by atoms with Crippen LogP contribution in [0.25, 0.3) is 0 Å². The number of hydrogen-bond donors (Lipinski definition) is 2. The number of phosphoric acid groups is 1. The lowest BCUT2D eigenvalue weighted by atomic mass is 10.1. The van der Waals surface area contributed by atoms with E-state index in [-0.39, 0.29) is 32.6 Å². The Kier molecular flexibility index (Phi) is 43.0. The minimum atomic E-state index is -4.39. The van der Waals surface area contributed by atoms with E-state index in [1.54, 1.807) is 0 Å². The van der Waals surface area contributed by atoms with E-state index >= 15 is 0 Å². The highest BCUT2D eigenvalue weighted by atomic mass is 31.2. The van der Waals surface area contributed by atoms with E-state index < -0.39 is 32.5 Å². The Morgan fingerprint density at radius 2 is 0.932 bits per heavy atom. The Bertz CT molecular complexity index is 1190. The molecule has 10 heteroatoms. The summed E-state index contributed by atoms with van der Waals surface area (Å²) in [4.78, 5) is 35.0. The number of esters is 2. The van der Waals surface area contributed by atoms with Crippen molar-refractivity contribution < 1.29 is 37.6 Å². The van der Waals surface area contributed by atoms with E-state index in [0.717, 1.165) is 70.6 Å². The van der Waals surface area contributed by atoms with Crippen LogP contribution in [0.4, 0.5) is 0 Å². The third-order valence-corrected chi connectivity index (χ3v) is 10.6. The van der Waals surface area contributed by atoms with Gasteiger partial charge in [-0.2, -0.15) is 0 Å². The summed E-state index contributed by atoms with van der Waals surface area (Å²) >= 11 is 0. The predicted octanol–water partition coefficient (Wildman–Crippen LogP) is 13.8. The lowest BCUT2D eigenvalue weighted by molar-refractivity contribution is -0.161. The standard InChI is InChI=1S/C49H86NO8P/c1-3-5-7-9-11-13-15-17-19-21-23-25-27-29-31-33-35-37-39-41-48(51)55-45-47(46-57-59(53,54)56-44-43-50)58-49(52)42-40-38-36-34-32-30-28-26-24-22-20-18-16-14-12-10-8-6-4-2/h5,7,11,13,17-20,23,25,29,31,47H,3-4,6,8-10,12,14-16,21-22,24,26-28,30,32-46,50H2,1-2H3,(H,53,54). The fraction of sp³-hybridized carbons (Fsp3) is 0.714. The molecule has 0 rings (SSSR count). The number of allylic oxidation sites excluding steroid dienone is 12. The summed E-state index contributed by atoms with van der Waals surface area (Å²) < 4.78 is 32.8. The van der Waals surface area contributed by atoms with Gasteiger partial charge in [0.05, 0.1) is 13.2 Å². The van der Waals surface area contributed by atoms with Crippen molar-refractivity contribution in [3.63, 3.8) is 0 Å². The van der Waals surface area contributed by atoms with Crippen molar-refractivity contribution in [3.05, 3.63) is 72.9 Å². The van der Waals surface area contributed by atoms with Gasteiger partial charge < -0.3 is 20.1 Å². The molecule has 0 aromatic heterocycles. The van der Waals surface area contributed by atoms with Gasteiger partial charge in [-0.15, -0.1) is 0 Å². The Hall–Kier alpha value is -2.55. The molecule has 59 heavy (non-hydrogen) atoms. The summed E-state index contributed by atoms with van der Waals surface area (Å²) in [6.45, 7) is 3.58. The largest absolute Gasteiger partial charge is 0.472 e. The van der Waals surface area contributed by atoms with Crippen molar-refractivity contribution in [1.82, 2.24) is 0 Å². The molecule has 0 aromatic rings. The molecular weight excluding hydrogens is 762 g/mol. The summed E-state index contributed by atoms with van der Waals surface area (Å²) in [5.74, 6) is -0.871. The molecule has 0 aliphatic heterocycles. The van der Waals surface area contributed by atoms with E-state index in [0.29, 0.717) is 12.8 Å². The first-order valence-corrected chi connectivity index (χ1v) is 24.9. The second-order valence-electron chi connectivity index (χ2n) is 15.2. The van der Waals surface area contributed by atoms with Crippen LogP contribution in [0.2, 0.25) is 0 Å². The molecule has 2 atom stereocenters. The fourth-order valence-corrected chi connectivity index (χ4v) is 6.89. The molecule has 0 fully saturated rings. The van der Waals surface area contributed by atoms with Crippen LogP contribution in [-0.2, 0) is 32.7 Å². The van der Waals surface area contributed by atoms with E-state index in [1.165, 1.54) is 83.5 Å². The number of ether oxygens (including phenoxy) is 2. The Morgan fingerprint density at radius 1 is 0.525 bits per heavy atom. The van der Waals surface area contributed by atoms with Crippen LogP contribution in [0.3, 0.4) is 0 Å². The van der Waals surface area contributed by atoms with Crippen molar-refractivity contribution >= 4 is 19.8 Å². The van der Waals surface area contributed by atoms with E-state index in [2.05, 4.69) is 86.8 Å². The van der Waals surface area contributed by atoms with Gasteiger partial charge in [0.15, 0.2) is 6.10 Å². The molecular formula is C49H86NO8P. The number of phosphoric ester groups is 1. The predicted molar refractivity (Wildman–Crippen MR) is 247 cm³/mol. The average molecular weight is 848 g/mol. The quantitative estimate of drug-likeness (QED) is 0.0266. The summed E-state index contributed by atoms with van der Waals surface area (Å²) in [5, 5.41) is 0. The van der Waals surface area contributed by atoms with Gasteiger partial charge in [0, 0.05) is 19.4 Å². The summed E-state index contributed by atoms with van der Waals surface area (Å²) in [6.07, 6.45) is 55.0. The maximum Gasteiger partial charge on any atom is 0.472 e. The smallest absolute Gasteiger partial charge is 0.462 e. The number of hydrogen-bond acceptors (Lipinski definition) is 8. The van der Waals surface area contributed by atoms with Crippen LogP contribution in [0.1, 0.15) is 194 Å². The highest BCUT2D eigenvalue weighted by Gasteiger charge is 2.26. The zero-order valence-corrected chi connectivity index (χ0v) is 38.4. The number of rotatable bonds is 43. The van der Waals surface area contributed by atoms with Crippen molar-refractivity contribution in [2.45, 2.75) is 200 Å². The van der Waals surface area contributed by atoms with Gasteiger partial charge in [0.2, 0.25) is 0 Å². The Labute approximate surface area is 361 Å². The molecule has 0 spiro atoms. The SMILES string of the molecule is CCC=CCC=CCC=CCC=CCC=CCCCCCC(=O)OCC(COP(=O)(O)OCCN)OC(=O)CCCCCCCCCCCC=CCCCCCCCC. The fourth-order valence-electron chi connectivity index (χ4n) is 6.13. The number of carbonyl (C=O) groups excluding carboxylic acids is 2. The van der Waals surface area contributed by atoms with E-state index in [9.17, 15) is 19.0 Å². The molecule has 0 heterocycles. The monoisotopic (exact) mass is 848 g/mol. The van der Waals surface area contributed by atoms with Gasteiger partial charge in [-0.3, -0.25) is 18.6 Å². The molecule has 0 aliphatic carbocycles. The zero-order chi connectivity index (χ0) is 43.2. The number of nitrogens with two attached hydrogens (primary N) is 1. The van der Waals surface area contributed by atoms with Crippen LogP contribution >= 0.6 is 7.82 Å². The maximum absolute atomic E-state index is 12.6. The molecule has 3 N–H and O–H groups in total. The second kappa shape index (κ2) is 45.0. The highest BCUT2D eigenvalue weighted by Crippen LogP contribution is 2.43. The lowest BCUT2D eigenvalue weighted by Gasteiger charge is -2.19. The van der Waals surface area contributed by atoms with Gasteiger partial charge in [0.1, 0.15) is 6.61 Å². The van der Waals surface area contributed by atoms with Gasteiger partial charge in [0.25, 0.3) is 0 Å². The molecule has 0 radical (unpaired) electrons. The Balaban J connectivity index is 4.18. The van der Waals surface area contributed by atoms with Crippen molar-refractivity contribution in [2.24, 2.45) is 5.73 Å². The van der Waals surface area contributed by atoms with Crippen molar-refractivity contribution in [1.29, 1.82) is 0 Å². The van der Waals surface area contributed by atoms with Crippen LogP contribution < -0.4 is 5.73 Å². The van der Waals surface area contributed by atoms with Crippen LogP contribution in [-0.4, -0.2) is 49.3 Å². The third-order valence-electron chi connectivity index (χ3n) is 9.58. The minimum absolute atomic E-state index is 0.0452. The van der Waals surface area contributed by atoms with Crippen molar-refractivity contribution in [3.8, 4) is 0 Å². The first-order chi connectivity index (χ1) is 28.8. The molecule has 0 aromatic carbocycles. The molecule has 0 saturated heterocycles. The average Bonchev–Trinajstić information content (AvgIpc) is 3.22. The van der Waals surface area contributed by atoms with E-state index in [1.807, 2.05) is 0 Å². The van der Waals surface area contributed by atoms with Crippen LogP contribution in [0.5, 0.6) is 0 Å². The van der Waals surface area contributed by atoms with Gasteiger partial charge in [-0.25, -0.2) is 4.57 Å². The molecule has 2 unspecified atom stereocenters. The highest BCUT2D eigenvalue weighted by molar-refractivity contribution is 7.47. The first-order valence-electron chi connectivity index (χ1n) is 23.4.